The first-order chi connectivity index (χ1) is 8.56. The van der Waals surface area contributed by atoms with E-state index in [2.05, 4.69) is 5.32 Å². The molecule has 0 saturated heterocycles. The van der Waals surface area contributed by atoms with Crippen LogP contribution >= 0.6 is 11.6 Å². The van der Waals surface area contributed by atoms with Crippen LogP contribution in [0, 0.1) is 0 Å². The number of aliphatic hydroxyl groups is 1. The molecule has 1 aromatic carbocycles. The number of hydrogen-bond donors (Lipinski definition) is 2. The molecule has 2 atom stereocenters. The van der Waals surface area contributed by atoms with Gasteiger partial charge in [-0.05, 0) is 19.4 Å². The highest BCUT2D eigenvalue weighted by Crippen LogP contribution is 2.28. The van der Waals surface area contributed by atoms with Crippen molar-refractivity contribution in [2.45, 2.75) is 32.5 Å². The Morgan fingerprint density at radius 3 is 2.72 bits per heavy atom. The lowest BCUT2D eigenvalue weighted by atomic mass is 10.1. The molecule has 5 heteroatoms. The van der Waals surface area contributed by atoms with Crippen molar-refractivity contribution in [3.05, 3.63) is 34.9 Å². The molecule has 1 amide bonds. The van der Waals surface area contributed by atoms with E-state index in [0.29, 0.717) is 17.1 Å². The van der Waals surface area contributed by atoms with Gasteiger partial charge in [-0.2, -0.15) is 0 Å². The van der Waals surface area contributed by atoms with E-state index in [4.69, 9.17) is 16.3 Å². The summed E-state index contributed by atoms with van der Waals surface area (Å²) in [5.41, 5.74) is 0.598. The minimum Gasteiger partial charge on any atom is -0.439 e. The largest absolute Gasteiger partial charge is 0.439 e. The molecule has 0 aromatic heterocycles. The zero-order valence-corrected chi connectivity index (χ0v) is 11.3. The lowest BCUT2D eigenvalue weighted by Gasteiger charge is -2.22. The number of nitrogens with one attached hydrogen (secondary N) is 1. The highest BCUT2D eigenvalue weighted by molar-refractivity contribution is 6.31. The Morgan fingerprint density at radius 2 is 2.17 bits per heavy atom. The molecule has 4 nitrogen and oxygen atoms in total. The number of rotatable bonds is 5. The Kier molecular flexibility index (Phi) is 5.95. The maximum Gasteiger partial charge on any atom is 0.407 e. The van der Waals surface area contributed by atoms with Crippen molar-refractivity contribution in [2.75, 3.05) is 6.54 Å². The lowest BCUT2D eigenvalue weighted by Crippen LogP contribution is -2.30. The van der Waals surface area contributed by atoms with E-state index >= 15 is 0 Å². The van der Waals surface area contributed by atoms with Crippen LogP contribution in [-0.2, 0) is 4.74 Å². The standard InChI is InChI=1S/C13H18ClNO3/c1-3-8-15-13(17)18-12(9(2)16)10-6-4-5-7-11(10)14/h4-7,9,12,16H,3,8H2,1-2H3,(H,15,17)/t9-,12+/m0/s1. The van der Waals surface area contributed by atoms with Crippen LogP contribution in [0.3, 0.4) is 0 Å². The van der Waals surface area contributed by atoms with E-state index in [-0.39, 0.29) is 0 Å². The lowest BCUT2D eigenvalue weighted by molar-refractivity contribution is 0.0108. The number of alkyl carbamates (subject to hydrolysis) is 1. The molecule has 18 heavy (non-hydrogen) atoms. The summed E-state index contributed by atoms with van der Waals surface area (Å²) in [7, 11) is 0. The Hall–Kier alpha value is -1.26. The molecule has 0 aliphatic heterocycles. The van der Waals surface area contributed by atoms with Gasteiger partial charge in [0.25, 0.3) is 0 Å². The van der Waals surface area contributed by atoms with Gasteiger partial charge in [0, 0.05) is 17.1 Å². The summed E-state index contributed by atoms with van der Waals surface area (Å²) in [6, 6.07) is 6.98. The van der Waals surface area contributed by atoms with Crippen molar-refractivity contribution < 1.29 is 14.6 Å². The first-order valence-electron chi connectivity index (χ1n) is 5.93. The molecule has 0 aliphatic carbocycles. The minimum absolute atomic E-state index is 0.465. The first kappa shape index (κ1) is 14.8. The van der Waals surface area contributed by atoms with Gasteiger partial charge in [-0.1, -0.05) is 36.7 Å². The second kappa shape index (κ2) is 7.24. The Labute approximate surface area is 112 Å². The number of carbonyl (C=O) groups is 1. The van der Waals surface area contributed by atoms with Crippen LogP contribution in [0.15, 0.2) is 24.3 Å². The third kappa shape index (κ3) is 4.20. The predicted molar refractivity (Wildman–Crippen MR) is 70.6 cm³/mol. The molecular formula is C13H18ClNO3. The molecule has 0 fully saturated rings. The fourth-order valence-electron chi connectivity index (χ4n) is 1.51. The van der Waals surface area contributed by atoms with Gasteiger partial charge in [0.15, 0.2) is 6.10 Å². The molecule has 0 spiro atoms. The van der Waals surface area contributed by atoms with E-state index in [9.17, 15) is 9.90 Å². The smallest absolute Gasteiger partial charge is 0.407 e. The minimum atomic E-state index is -0.836. The van der Waals surface area contributed by atoms with Gasteiger partial charge in [0.1, 0.15) is 0 Å². The van der Waals surface area contributed by atoms with E-state index < -0.39 is 18.3 Å². The van der Waals surface area contributed by atoms with Crippen molar-refractivity contribution in [1.82, 2.24) is 5.32 Å². The Balaban J connectivity index is 2.78. The topological polar surface area (TPSA) is 58.6 Å². The van der Waals surface area contributed by atoms with Crippen LogP contribution in [0.2, 0.25) is 5.02 Å². The number of amides is 1. The van der Waals surface area contributed by atoms with E-state index in [1.807, 2.05) is 6.92 Å². The number of ether oxygens (including phenoxy) is 1. The number of hydrogen-bond acceptors (Lipinski definition) is 3. The third-order valence-corrected chi connectivity index (χ3v) is 2.75. The van der Waals surface area contributed by atoms with Crippen LogP contribution in [0.1, 0.15) is 31.9 Å². The SMILES string of the molecule is CCCNC(=O)O[C@@H](c1ccccc1Cl)[C@H](C)O. The summed E-state index contributed by atoms with van der Waals surface area (Å²) in [5, 5.41) is 12.8. The van der Waals surface area contributed by atoms with Gasteiger partial charge in [-0.3, -0.25) is 0 Å². The average molecular weight is 272 g/mol. The van der Waals surface area contributed by atoms with E-state index in [1.165, 1.54) is 0 Å². The van der Waals surface area contributed by atoms with Gasteiger partial charge in [0.2, 0.25) is 0 Å². The first-order valence-corrected chi connectivity index (χ1v) is 6.31. The summed E-state index contributed by atoms with van der Waals surface area (Å²) in [5.74, 6) is 0. The summed E-state index contributed by atoms with van der Waals surface area (Å²) < 4.78 is 5.20. The second-order valence-corrected chi connectivity index (χ2v) is 4.42. The number of benzene rings is 1. The van der Waals surface area contributed by atoms with Crippen LogP contribution in [0.25, 0.3) is 0 Å². The predicted octanol–water partition coefficient (Wildman–Crippen LogP) is 2.90. The molecule has 1 rings (SSSR count). The summed E-state index contributed by atoms with van der Waals surface area (Å²) >= 11 is 6.03. The summed E-state index contributed by atoms with van der Waals surface area (Å²) in [6.07, 6.45) is -1.34. The normalized spacial score (nSPS) is 13.8. The molecule has 0 bridgehead atoms. The van der Waals surface area contributed by atoms with Gasteiger partial charge < -0.3 is 15.2 Å². The van der Waals surface area contributed by atoms with Gasteiger partial charge in [0.05, 0.1) is 6.10 Å². The maximum absolute atomic E-state index is 11.5. The molecule has 0 saturated carbocycles. The second-order valence-electron chi connectivity index (χ2n) is 4.01. The Bertz CT molecular complexity index is 396. The van der Waals surface area contributed by atoms with Gasteiger partial charge in [-0.25, -0.2) is 4.79 Å². The highest BCUT2D eigenvalue weighted by atomic mass is 35.5. The van der Waals surface area contributed by atoms with Gasteiger partial charge in [-0.15, -0.1) is 0 Å². The Morgan fingerprint density at radius 1 is 1.50 bits per heavy atom. The number of halogens is 1. The van der Waals surface area contributed by atoms with Crippen molar-refractivity contribution in [1.29, 1.82) is 0 Å². The summed E-state index contributed by atoms with van der Waals surface area (Å²) in [4.78, 5) is 11.5. The third-order valence-electron chi connectivity index (χ3n) is 2.40. The number of carbonyl (C=O) groups excluding carboxylic acids is 1. The van der Waals surface area contributed by atoms with Crippen molar-refractivity contribution in [3.63, 3.8) is 0 Å². The molecule has 0 unspecified atom stereocenters. The van der Waals surface area contributed by atoms with Crippen molar-refractivity contribution in [2.24, 2.45) is 0 Å². The maximum atomic E-state index is 11.5. The van der Waals surface area contributed by atoms with Crippen molar-refractivity contribution >= 4 is 17.7 Å². The van der Waals surface area contributed by atoms with Gasteiger partial charge >= 0.3 is 6.09 Å². The molecule has 2 N–H and O–H groups in total. The number of aliphatic hydroxyl groups excluding tert-OH is 1. The highest BCUT2D eigenvalue weighted by Gasteiger charge is 2.23. The van der Waals surface area contributed by atoms with Crippen LogP contribution in [0.5, 0.6) is 0 Å². The van der Waals surface area contributed by atoms with Crippen LogP contribution in [0.4, 0.5) is 4.79 Å². The van der Waals surface area contributed by atoms with Crippen LogP contribution < -0.4 is 5.32 Å². The fourth-order valence-corrected chi connectivity index (χ4v) is 1.75. The average Bonchev–Trinajstić information content (AvgIpc) is 2.34. The zero-order chi connectivity index (χ0) is 13.5. The van der Waals surface area contributed by atoms with Crippen LogP contribution in [-0.4, -0.2) is 23.8 Å². The van der Waals surface area contributed by atoms with E-state index in [1.54, 1.807) is 31.2 Å². The quantitative estimate of drug-likeness (QED) is 0.866. The van der Waals surface area contributed by atoms with E-state index in [0.717, 1.165) is 6.42 Å². The molecule has 0 aliphatic rings. The monoisotopic (exact) mass is 271 g/mol. The zero-order valence-electron chi connectivity index (χ0n) is 10.5. The molecule has 0 radical (unpaired) electrons. The fraction of sp³-hybridized carbons (Fsp3) is 0.462. The summed E-state index contributed by atoms with van der Waals surface area (Å²) in [6.45, 7) is 4.04. The van der Waals surface area contributed by atoms with Crippen molar-refractivity contribution in [3.8, 4) is 0 Å². The molecule has 100 valence electrons. The molecular weight excluding hydrogens is 254 g/mol. The molecule has 0 heterocycles. The molecule has 1 aromatic rings.